The number of nitrogens with zero attached hydrogens (tertiary/aromatic N) is 1. The van der Waals surface area contributed by atoms with Crippen LogP contribution in [0.15, 0.2) is 30.3 Å². The second kappa shape index (κ2) is 8.28. The van der Waals surface area contributed by atoms with Crippen molar-refractivity contribution in [1.82, 2.24) is 10.2 Å². The van der Waals surface area contributed by atoms with E-state index in [-0.39, 0.29) is 0 Å². The third-order valence-electron chi connectivity index (χ3n) is 3.16. The molecule has 1 atom stereocenters. The van der Waals surface area contributed by atoms with Crippen molar-refractivity contribution in [2.75, 3.05) is 26.2 Å². The molecule has 1 aromatic carbocycles. The number of benzene rings is 1. The molecule has 1 aromatic rings. The predicted molar refractivity (Wildman–Crippen MR) is 79.8 cm³/mol. The molecule has 1 unspecified atom stereocenters. The molecule has 0 saturated carbocycles. The maximum Gasteiger partial charge on any atom is 0.0449 e. The summed E-state index contributed by atoms with van der Waals surface area (Å²) < 4.78 is 0. The summed E-state index contributed by atoms with van der Waals surface area (Å²) in [5.41, 5.74) is 1.39. The first-order valence-corrected chi connectivity index (χ1v) is 7.18. The molecule has 0 radical (unpaired) electrons. The maximum absolute atomic E-state index is 3.60. The van der Waals surface area contributed by atoms with Crippen LogP contribution >= 0.6 is 0 Å². The Hall–Kier alpha value is -0.860. The highest BCUT2D eigenvalue weighted by atomic mass is 15.1. The fourth-order valence-electron chi connectivity index (χ4n) is 2.33. The zero-order chi connectivity index (χ0) is 13.4. The fourth-order valence-corrected chi connectivity index (χ4v) is 2.33. The molecule has 1 rings (SSSR count). The SMILES string of the molecule is CCNC(CN(CC)CC(C)C)c1ccccc1. The van der Waals surface area contributed by atoms with Crippen molar-refractivity contribution in [1.29, 1.82) is 0 Å². The molecule has 0 aliphatic rings. The Bertz CT molecular complexity index is 308. The van der Waals surface area contributed by atoms with Gasteiger partial charge < -0.3 is 10.2 Å². The monoisotopic (exact) mass is 248 g/mol. The summed E-state index contributed by atoms with van der Waals surface area (Å²) in [4.78, 5) is 2.53. The molecule has 0 saturated heterocycles. The molecular formula is C16H28N2. The summed E-state index contributed by atoms with van der Waals surface area (Å²) in [6, 6.07) is 11.2. The number of likely N-dealkylation sites (N-methyl/N-ethyl adjacent to an activating group) is 2. The second-order valence-corrected chi connectivity index (χ2v) is 5.27. The Morgan fingerprint density at radius 2 is 1.72 bits per heavy atom. The van der Waals surface area contributed by atoms with Gasteiger partial charge in [-0.1, -0.05) is 58.0 Å². The van der Waals surface area contributed by atoms with Crippen molar-refractivity contribution in [3.63, 3.8) is 0 Å². The van der Waals surface area contributed by atoms with Crippen molar-refractivity contribution >= 4 is 0 Å². The van der Waals surface area contributed by atoms with Gasteiger partial charge in [0.2, 0.25) is 0 Å². The Morgan fingerprint density at radius 1 is 1.06 bits per heavy atom. The van der Waals surface area contributed by atoms with Crippen molar-refractivity contribution in [2.24, 2.45) is 5.92 Å². The molecule has 1 N–H and O–H groups in total. The van der Waals surface area contributed by atoms with Gasteiger partial charge in [-0.2, -0.15) is 0 Å². The van der Waals surface area contributed by atoms with Crippen LogP contribution < -0.4 is 5.32 Å². The highest BCUT2D eigenvalue weighted by Crippen LogP contribution is 2.14. The van der Waals surface area contributed by atoms with E-state index in [0.717, 1.165) is 25.6 Å². The molecule has 0 aromatic heterocycles. The van der Waals surface area contributed by atoms with Crippen LogP contribution in [0.4, 0.5) is 0 Å². The standard InChI is InChI=1S/C16H28N2/c1-5-17-16(15-10-8-7-9-11-15)13-18(6-2)12-14(3)4/h7-11,14,16-17H,5-6,12-13H2,1-4H3. The van der Waals surface area contributed by atoms with Gasteiger partial charge in [0.15, 0.2) is 0 Å². The lowest BCUT2D eigenvalue weighted by Crippen LogP contribution is -2.37. The molecule has 102 valence electrons. The largest absolute Gasteiger partial charge is 0.309 e. The Kier molecular flexibility index (Phi) is 6.99. The van der Waals surface area contributed by atoms with Crippen LogP contribution in [0, 0.1) is 5.92 Å². The maximum atomic E-state index is 3.60. The summed E-state index contributed by atoms with van der Waals surface area (Å²) >= 11 is 0. The van der Waals surface area contributed by atoms with E-state index in [1.165, 1.54) is 12.1 Å². The van der Waals surface area contributed by atoms with Crippen LogP contribution in [0.5, 0.6) is 0 Å². The van der Waals surface area contributed by atoms with E-state index >= 15 is 0 Å². The third kappa shape index (κ3) is 5.19. The molecule has 0 heterocycles. The first-order chi connectivity index (χ1) is 8.67. The van der Waals surface area contributed by atoms with E-state index in [1.54, 1.807) is 0 Å². The summed E-state index contributed by atoms with van der Waals surface area (Å²) in [5.74, 6) is 0.725. The molecule has 2 nitrogen and oxygen atoms in total. The minimum absolute atomic E-state index is 0.440. The molecular weight excluding hydrogens is 220 g/mol. The molecule has 0 spiro atoms. The third-order valence-corrected chi connectivity index (χ3v) is 3.16. The van der Waals surface area contributed by atoms with E-state index in [0.29, 0.717) is 6.04 Å². The van der Waals surface area contributed by atoms with Gasteiger partial charge in [0, 0.05) is 19.1 Å². The number of rotatable bonds is 8. The lowest BCUT2D eigenvalue weighted by molar-refractivity contribution is 0.229. The molecule has 2 heteroatoms. The predicted octanol–water partition coefficient (Wildman–Crippen LogP) is 3.32. The summed E-state index contributed by atoms with van der Waals surface area (Å²) in [6.45, 7) is 13.4. The Labute approximate surface area is 112 Å². The minimum Gasteiger partial charge on any atom is -0.309 e. The summed E-state index contributed by atoms with van der Waals surface area (Å²) in [7, 11) is 0. The molecule has 0 amide bonds. The second-order valence-electron chi connectivity index (χ2n) is 5.27. The smallest absolute Gasteiger partial charge is 0.0449 e. The van der Waals surface area contributed by atoms with Crippen molar-refractivity contribution in [3.05, 3.63) is 35.9 Å². The van der Waals surface area contributed by atoms with Gasteiger partial charge in [-0.05, 0) is 24.6 Å². The zero-order valence-electron chi connectivity index (χ0n) is 12.3. The molecule has 18 heavy (non-hydrogen) atoms. The van der Waals surface area contributed by atoms with Gasteiger partial charge >= 0.3 is 0 Å². The molecule has 0 fully saturated rings. The minimum atomic E-state index is 0.440. The van der Waals surface area contributed by atoms with Gasteiger partial charge in [-0.15, -0.1) is 0 Å². The van der Waals surface area contributed by atoms with Crippen LogP contribution in [-0.2, 0) is 0 Å². The molecule has 0 aliphatic heterocycles. The van der Waals surface area contributed by atoms with Crippen LogP contribution in [0.25, 0.3) is 0 Å². The van der Waals surface area contributed by atoms with Crippen LogP contribution in [0.3, 0.4) is 0 Å². The van der Waals surface area contributed by atoms with Gasteiger partial charge in [0.05, 0.1) is 0 Å². The lowest BCUT2D eigenvalue weighted by atomic mass is 10.1. The Morgan fingerprint density at radius 3 is 2.22 bits per heavy atom. The Balaban J connectivity index is 2.67. The number of hydrogen-bond donors (Lipinski definition) is 1. The van der Waals surface area contributed by atoms with Gasteiger partial charge in [0.25, 0.3) is 0 Å². The zero-order valence-corrected chi connectivity index (χ0v) is 12.3. The first-order valence-electron chi connectivity index (χ1n) is 7.18. The van der Waals surface area contributed by atoms with Crippen molar-refractivity contribution < 1.29 is 0 Å². The normalized spacial score (nSPS) is 13.2. The highest BCUT2D eigenvalue weighted by Gasteiger charge is 2.14. The molecule has 0 bridgehead atoms. The summed E-state index contributed by atoms with van der Waals surface area (Å²) in [5, 5.41) is 3.60. The van der Waals surface area contributed by atoms with E-state index in [9.17, 15) is 0 Å². The van der Waals surface area contributed by atoms with E-state index in [2.05, 4.69) is 68.2 Å². The highest BCUT2D eigenvalue weighted by molar-refractivity contribution is 5.19. The van der Waals surface area contributed by atoms with Crippen LogP contribution in [0.2, 0.25) is 0 Å². The summed E-state index contributed by atoms with van der Waals surface area (Å²) in [6.07, 6.45) is 0. The topological polar surface area (TPSA) is 15.3 Å². The van der Waals surface area contributed by atoms with Gasteiger partial charge in [-0.25, -0.2) is 0 Å². The number of nitrogens with one attached hydrogen (secondary N) is 1. The van der Waals surface area contributed by atoms with Gasteiger partial charge in [0.1, 0.15) is 0 Å². The van der Waals surface area contributed by atoms with Crippen molar-refractivity contribution in [2.45, 2.75) is 33.7 Å². The quantitative estimate of drug-likeness (QED) is 0.759. The fraction of sp³-hybridized carbons (Fsp3) is 0.625. The average Bonchev–Trinajstić information content (AvgIpc) is 2.37. The van der Waals surface area contributed by atoms with E-state index in [1.807, 2.05) is 0 Å². The van der Waals surface area contributed by atoms with Crippen molar-refractivity contribution in [3.8, 4) is 0 Å². The van der Waals surface area contributed by atoms with E-state index in [4.69, 9.17) is 0 Å². The lowest BCUT2D eigenvalue weighted by Gasteiger charge is -2.28. The molecule has 0 aliphatic carbocycles. The number of hydrogen-bond acceptors (Lipinski definition) is 2. The van der Waals surface area contributed by atoms with Crippen LogP contribution in [-0.4, -0.2) is 31.1 Å². The average molecular weight is 248 g/mol. The van der Waals surface area contributed by atoms with E-state index < -0.39 is 0 Å². The van der Waals surface area contributed by atoms with Gasteiger partial charge in [-0.3, -0.25) is 0 Å². The van der Waals surface area contributed by atoms with Crippen LogP contribution in [0.1, 0.15) is 39.3 Å². The first kappa shape index (κ1) is 15.2.